The SMILES string of the molecule is C/C=C(\C)C=O.C/C=C/C(=O)CC.C/C=C/C=C/C(C)=O.C/C=C/C=O.C=C/C=C/C=O.C=CC(=O)CC(C)C.C=CC(=O)N(C)C.C=CC(N)=O.CC(=O)/C=C/C1C(C)=CCCC1(C)C.CC(=O)C=CC1=C(C)CCCC1(C)C.CC(C)=CCC/C(C)=C/C(=O)O. The van der Waals surface area contributed by atoms with Crippen LogP contribution in [-0.2, 0) is 52.7 Å². The number of allylic oxidation sites excluding steroid dienone is 25. The Labute approximate surface area is 558 Å². The lowest BCUT2D eigenvalue weighted by molar-refractivity contribution is -0.131. The molecule has 0 fully saturated rings. The first-order valence-corrected chi connectivity index (χ1v) is 30.7. The van der Waals surface area contributed by atoms with Crippen LogP contribution >= 0.6 is 0 Å². The minimum absolute atomic E-state index is 0.0556. The van der Waals surface area contributed by atoms with Gasteiger partial charge in [0, 0.05) is 38.9 Å². The molecule has 0 aliphatic heterocycles. The van der Waals surface area contributed by atoms with E-state index >= 15 is 0 Å². The molecular formula is C78H122N2O12. The molecule has 2 rings (SSSR count). The van der Waals surface area contributed by atoms with E-state index in [-0.39, 0.29) is 40.2 Å². The van der Waals surface area contributed by atoms with E-state index in [1.54, 1.807) is 96.5 Å². The predicted molar refractivity (Wildman–Crippen MR) is 390 cm³/mol. The molecule has 516 valence electrons. The van der Waals surface area contributed by atoms with E-state index in [0.717, 1.165) is 42.6 Å². The number of likely N-dealkylation sites (N-methyl/N-ethyl adjacent to an activating group) is 1. The molecule has 14 heteroatoms. The van der Waals surface area contributed by atoms with Crippen LogP contribution in [-0.4, -0.2) is 89.7 Å². The zero-order chi connectivity index (χ0) is 73.9. The molecule has 0 aromatic carbocycles. The molecule has 3 N–H and O–H groups in total. The van der Waals surface area contributed by atoms with Crippen molar-refractivity contribution in [3.8, 4) is 0 Å². The summed E-state index contributed by atoms with van der Waals surface area (Å²) in [5.74, 6) is 0.187. The molecule has 92 heavy (non-hydrogen) atoms. The van der Waals surface area contributed by atoms with E-state index in [4.69, 9.17) is 5.11 Å². The van der Waals surface area contributed by atoms with Gasteiger partial charge in [-0.1, -0.05) is 170 Å². The van der Waals surface area contributed by atoms with Gasteiger partial charge in [-0.3, -0.25) is 47.9 Å². The minimum Gasteiger partial charge on any atom is -0.478 e. The molecule has 0 aromatic rings. The number of aliphatic carboxylic acids is 1. The zero-order valence-electron chi connectivity index (χ0n) is 60.7. The Morgan fingerprint density at radius 2 is 1.22 bits per heavy atom. The Morgan fingerprint density at radius 3 is 1.49 bits per heavy atom. The van der Waals surface area contributed by atoms with Gasteiger partial charge >= 0.3 is 5.97 Å². The van der Waals surface area contributed by atoms with Gasteiger partial charge in [0.05, 0.1) is 0 Å². The van der Waals surface area contributed by atoms with Gasteiger partial charge in [-0.2, -0.15) is 0 Å². The van der Waals surface area contributed by atoms with E-state index < -0.39 is 11.9 Å². The molecule has 2 aliphatic carbocycles. The molecule has 14 nitrogen and oxygen atoms in total. The Kier molecular flexibility index (Phi) is 78.1. The van der Waals surface area contributed by atoms with Crippen LogP contribution in [0.15, 0.2) is 193 Å². The van der Waals surface area contributed by atoms with E-state index in [0.29, 0.717) is 36.4 Å². The number of aldehydes is 3. The fourth-order valence-electron chi connectivity index (χ4n) is 6.84. The zero-order valence-corrected chi connectivity index (χ0v) is 60.7. The number of carboxylic acids is 1. The average molecular weight is 1280 g/mol. The van der Waals surface area contributed by atoms with E-state index in [1.165, 1.54) is 103 Å². The van der Waals surface area contributed by atoms with Crippen LogP contribution in [0.3, 0.4) is 0 Å². The number of carbonyl (C=O) groups is 11. The van der Waals surface area contributed by atoms with Crippen molar-refractivity contribution in [2.24, 2.45) is 28.4 Å². The van der Waals surface area contributed by atoms with Gasteiger partial charge in [0.2, 0.25) is 11.8 Å². The third-order valence-corrected chi connectivity index (χ3v) is 11.8. The summed E-state index contributed by atoms with van der Waals surface area (Å²) in [6.07, 6.45) is 47.9. The van der Waals surface area contributed by atoms with Crippen molar-refractivity contribution in [2.75, 3.05) is 14.1 Å². The average Bonchev–Trinajstić information content (AvgIpc) is 0.858. The van der Waals surface area contributed by atoms with Crippen LogP contribution in [0, 0.1) is 22.7 Å². The third kappa shape index (κ3) is 85.8. The lowest BCUT2D eigenvalue weighted by Crippen LogP contribution is -2.26. The number of hydrogen-bond donors (Lipinski definition) is 2. The molecule has 1 atom stereocenters. The van der Waals surface area contributed by atoms with Gasteiger partial charge in [0.1, 0.15) is 18.9 Å². The highest BCUT2D eigenvalue weighted by Crippen LogP contribution is 2.42. The summed E-state index contributed by atoms with van der Waals surface area (Å²) in [6.45, 7) is 52.2. The Bertz CT molecular complexity index is 2580. The Balaban J connectivity index is -0.000000120. The van der Waals surface area contributed by atoms with Crippen molar-refractivity contribution in [1.29, 1.82) is 0 Å². The smallest absolute Gasteiger partial charge is 0.328 e. The first-order chi connectivity index (χ1) is 42.7. The fourth-order valence-corrected chi connectivity index (χ4v) is 6.84. The minimum atomic E-state index is -0.857. The first kappa shape index (κ1) is 103. The maximum Gasteiger partial charge on any atom is 0.328 e. The summed E-state index contributed by atoms with van der Waals surface area (Å²) in [4.78, 5) is 113. The number of nitrogens with zero attached hydrogens (tertiary/aromatic N) is 1. The number of amides is 2. The molecule has 2 amide bonds. The van der Waals surface area contributed by atoms with Gasteiger partial charge in [-0.05, 0) is 218 Å². The second kappa shape index (κ2) is 70.1. The van der Waals surface area contributed by atoms with Crippen molar-refractivity contribution in [3.63, 3.8) is 0 Å². The normalized spacial score (nSPS) is 14.0. The van der Waals surface area contributed by atoms with Crippen molar-refractivity contribution in [2.45, 2.75) is 196 Å². The summed E-state index contributed by atoms with van der Waals surface area (Å²) in [7, 11) is 3.37. The lowest BCUT2D eigenvalue weighted by atomic mass is 9.68. The quantitative estimate of drug-likeness (QED) is 0.0472. The molecule has 0 radical (unpaired) electrons. The molecule has 1 unspecified atom stereocenters. The van der Waals surface area contributed by atoms with Gasteiger partial charge in [0.15, 0.2) is 28.9 Å². The Morgan fingerprint density at radius 1 is 0.696 bits per heavy atom. The Hall–Kier alpha value is -8.39. The standard InChI is InChI=1S/2C13H20O.C10H16O2.C7H12O.C7H10O.C6H10O.C5H9NO.C5H8O.C5H6O.C4H6O.C3H5NO/c2*1-10-6-5-9-13(3,4)12(10)8-7-11(2)14;1-8(2)5-4-6-9(3)7-10(11)12;1-4-7(8)5-6(2)3;1-3-4-5-6-7(2)8;1-3-5-6(7)4-2;1-4-5(7)6(2)3;1-3-5(2)4-6;1-2-3-4-5-6;1-2-3-4-5;1-2-3(4)5/h7-8H,5-6,9H2,1-4H3;6-8,12H,5,9H2,1-4H3;5,7H,4,6H2,1-3H3,(H,11,12);4,6H,1,5H2,2-3H3;3-6H,1-2H3;3,5H,4H2,1-2H3;4H,1H2,2-3H3;3-4H,1-2H3;2-5H,1H2;2-4H,1H3;2H,1H2,(H2,4,5)/b;8-7+;9-7+;;4-3+,6-5+;5-3+;;5-3+;4-3+;3-2+;. The molecule has 0 bridgehead atoms. The monoisotopic (exact) mass is 1280 g/mol. The highest BCUT2D eigenvalue weighted by molar-refractivity contribution is 5.90. The van der Waals surface area contributed by atoms with Crippen LogP contribution in [0.1, 0.15) is 196 Å². The van der Waals surface area contributed by atoms with Gasteiger partial charge in [0.25, 0.3) is 0 Å². The van der Waals surface area contributed by atoms with Crippen LogP contribution in [0.4, 0.5) is 0 Å². The summed E-state index contributed by atoms with van der Waals surface area (Å²) in [5, 5.41) is 8.40. The summed E-state index contributed by atoms with van der Waals surface area (Å²) >= 11 is 0. The second-order valence-electron chi connectivity index (χ2n) is 22.6. The number of rotatable bonds is 21. The topological polar surface area (TPSA) is 237 Å². The number of primary amides is 1. The van der Waals surface area contributed by atoms with E-state index in [2.05, 4.69) is 91.8 Å². The predicted octanol–water partition coefficient (Wildman–Crippen LogP) is 17.7. The summed E-state index contributed by atoms with van der Waals surface area (Å²) in [5.41, 5.74) is 12.3. The van der Waals surface area contributed by atoms with E-state index in [9.17, 15) is 52.7 Å². The maximum absolute atomic E-state index is 10.9. The number of nitrogens with two attached hydrogens (primary N) is 1. The highest BCUT2D eigenvalue weighted by atomic mass is 16.4. The molecule has 0 heterocycles. The second-order valence-corrected chi connectivity index (χ2v) is 22.6. The van der Waals surface area contributed by atoms with Crippen LogP contribution in [0.5, 0.6) is 0 Å². The molecule has 0 saturated heterocycles. The van der Waals surface area contributed by atoms with Gasteiger partial charge in [-0.25, -0.2) is 4.79 Å². The third-order valence-electron chi connectivity index (χ3n) is 11.8. The number of carboxylic acid groups (broad SMARTS) is 1. The van der Waals surface area contributed by atoms with Gasteiger partial charge in [-0.15, -0.1) is 0 Å². The van der Waals surface area contributed by atoms with Crippen molar-refractivity contribution in [1.82, 2.24) is 4.90 Å². The molecule has 0 spiro atoms. The fraction of sp³-hybridized carbons (Fsp3) is 0.449. The van der Waals surface area contributed by atoms with Crippen LogP contribution in [0.25, 0.3) is 0 Å². The molecule has 0 saturated carbocycles. The first-order valence-electron chi connectivity index (χ1n) is 30.7. The largest absolute Gasteiger partial charge is 0.478 e. The lowest BCUT2D eigenvalue weighted by Gasteiger charge is -2.36. The van der Waals surface area contributed by atoms with Crippen LogP contribution in [0.2, 0.25) is 0 Å². The molecular weight excluding hydrogens is 1160 g/mol. The van der Waals surface area contributed by atoms with Crippen molar-refractivity contribution in [3.05, 3.63) is 193 Å². The highest BCUT2D eigenvalue weighted by Gasteiger charge is 2.31. The maximum atomic E-state index is 10.9. The van der Waals surface area contributed by atoms with Crippen LogP contribution < -0.4 is 5.73 Å². The number of ketones is 5. The molecule has 2 aliphatic rings. The molecule has 0 aromatic heterocycles. The number of carbonyl (C=O) groups excluding carboxylic acids is 10. The van der Waals surface area contributed by atoms with E-state index in [1.807, 2.05) is 80.5 Å². The number of hydrogen-bond acceptors (Lipinski definition) is 11. The summed E-state index contributed by atoms with van der Waals surface area (Å²) in [6, 6.07) is 0. The van der Waals surface area contributed by atoms with Gasteiger partial charge < -0.3 is 15.7 Å². The summed E-state index contributed by atoms with van der Waals surface area (Å²) < 4.78 is 0. The van der Waals surface area contributed by atoms with Crippen molar-refractivity contribution < 1.29 is 57.8 Å². The van der Waals surface area contributed by atoms with Crippen molar-refractivity contribution >= 4 is 65.6 Å².